The van der Waals surface area contributed by atoms with Gasteiger partial charge < -0.3 is 9.84 Å². The molecule has 0 unspecified atom stereocenters. The van der Waals surface area contributed by atoms with Crippen molar-refractivity contribution in [2.75, 3.05) is 5.75 Å². The lowest BCUT2D eigenvalue weighted by molar-refractivity contribution is -0.274. The van der Waals surface area contributed by atoms with Crippen LogP contribution < -0.4 is 4.74 Å². The van der Waals surface area contributed by atoms with Gasteiger partial charge in [-0.2, -0.15) is 0 Å². The first-order chi connectivity index (χ1) is 10.4. The van der Waals surface area contributed by atoms with Crippen LogP contribution in [0.3, 0.4) is 0 Å². The molecule has 6 heteroatoms. The van der Waals surface area contributed by atoms with E-state index in [1.807, 2.05) is 12.1 Å². The number of halogens is 3. The normalized spacial score (nSPS) is 14.2. The van der Waals surface area contributed by atoms with Crippen LogP contribution in [0.1, 0.15) is 11.1 Å². The van der Waals surface area contributed by atoms with Crippen molar-refractivity contribution in [1.29, 1.82) is 0 Å². The first kappa shape index (κ1) is 14.8. The molecule has 0 atom stereocenters. The quantitative estimate of drug-likeness (QED) is 0.849. The summed E-state index contributed by atoms with van der Waals surface area (Å²) in [5.74, 6) is 0.679. The van der Waals surface area contributed by atoms with E-state index >= 15 is 0 Å². The summed E-state index contributed by atoms with van der Waals surface area (Å²) in [6.07, 6.45) is -2.70. The van der Waals surface area contributed by atoms with Crippen molar-refractivity contribution in [3.63, 3.8) is 0 Å². The molecule has 0 saturated carbocycles. The van der Waals surface area contributed by atoms with Gasteiger partial charge in [-0.25, -0.2) is 0 Å². The number of rotatable bonds is 2. The number of thioether (sulfide) groups is 1. The van der Waals surface area contributed by atoms with E-state index in [4.69, 9.17) is 0 Å². The van der Waals surface area contributed by atoms with Crippen LogP contribution in [0.4, 0.5) is 13.2 Å². The van der Waals surface area contributed by atoms with Crippen LogP contribution in [-0.4, -0.2) is 17.2 Å². The molecule has 114 valence electrons. The lowest BCUT2D eigenvalue weighted by Gasteiger charge is -2.17. The van der Waals surface area contributed by atoms with Gasteiger partial charge in [0.2, 0.25) is 0 Å². The highest BCUT2D eigenvalue weighted by Gasteiger charge is 2.31. The van der Waals surface area contributed by atoms with E-state index < -0.39 is 6.36 Å². The number of phenolic OH excluding ortho intramolecular Hbond substituents is 1. The molecule has 0 bridgehead atoms. The second-order valence-corrected chi connectivity index (χ2v) is 5.77. The number of benzene rings is 2. The molecule has 22 heavy (non-hydrogen) atoms. The second-order valence-electron chi connectivity index (χ2n) is 4.75. The number of hydrogen-bond acceptors (Lipinski definition) is 3. The van der Waals surface area contributed by atoms with Crippen LogP contribution in [0.25, 0.3) is 11.6 Å². The summed E-state index contributed by atoms with van der Waals surface area (Å²) in [5, 5.41) is 9.45. The maximum Gasteiger partial charge on any atom is 0.573 e. The topological polar surface area (TPSA) is 29.5 Å². The van der Waals surface area contributed by atoms with E-state index in [9.17, 15) is 18.3 Å². The van der Waals surface area contributed by atoms with Crippen LogP contribution in [0.5, 0.6) is 11.5 Å². The van der Waals surface area contributed by atoms with Crippen molar-refractivity contribution < 1.29 is 23.0 Å². The highest BCUT2D eigenvalue weighted by atomic mass is 32.2. The van der Waals surface area contributed by atoms with Crippen LogP contribution >= 0.6 is 11.8 Å². The Bertz CT molecular complexity index is 721. The second kappa shape index (κ2) is 5.61. The molecule has 0 amide bonds. The third-order valence-electron chi connectivity index (χ3n) is 3.17. The van der Waals surface area contributed by atoms with Gasteiger partial charge in [-0.05, 0) is 47.0 Å². The van der Waals surface area contributed by atoms with E-state index in [0.717, 1.165) is 21.6 Å². The largest absolute Gasteiger partial charge is 0.573 e. The lowest BCUT2D eigenvalue weighted by atomic mass is 10.0. The van der Waals surface area contributed by atoms with Crippen molar-refractivity contribution >= 4 is 23.4 Å². The Labute approximate surface area is 129 Å². The third kappa shape index (κ3) is 3.39. The zero-order valence-electron chi connectivity index (χ0n) is 11.2. The number of aromatic hydroxyl groups is 1. The minimum absolute atomic E-state index is 0.219. The van der Waals surface area contributed by atoms with Crippen molar-refractivity contribution in [2.24, 2.45) is 0 Å². The molecule has 0 radical (unpaired) electrons. The number of fused-ring (bicyclic) bond motifs is 1. The van der Waals surface area contributed by atoms with E-state index in [1.165, 1.54) is 12.1 Å². The Hall–Kier alpha value is -2.08. The predicted octanol–water partition coefficient (Wildman–Crippen LogP) is 4.94. The number of phenols is 1. The Kier molecular flexibility index (Phi) is 3.78. The average Bonchev–Trinajstić information content (AvgIpc) is 2.46. The monoisotopic (exact) mass is 324 g/mol. The van der Waals surface area contributed by atoms with Gasteiger partial charge in [0.15, 0.2) is 0 Å². The molecule has 3 rings (SSSR count). The number of ether oxygens (including phenoxy) is 1. The van der Waals surface area contributed by atoms with Gasteiger partial charge in [-0.1, -0.05) is 18.2 Å². The summed E-state index contributed by atoms with van der Waals surface area (Å²) >= 11 is 1.58. The number of alkyl halides is 3. The Balaban J connectivity index is 1.84. The van der Waals surface area contributed by atoms with E-state index in [2.05, 4.69) is 4.74 Å². The first-order valence-electron chi connectivity index (χ1n) is 6.43. The van der Waals surface area contributed by atoms with Crippen LogP contribution in [0.2, 0.25) is 0 Å². The summed E-state index contributed by atoms with van der Waals surface area (Å²) in [5.41, 5.74) is 2.85. The highest BCUT2D eigenvalue weighted by Crippen LogP contribution is 2.37. The molecule has 2 aromatic rings. The van der Waals surface area contributed by atoms with E-state index in [1.54, 1.807) is 36.0 Å². The van der Waals surface area contributed by atoms with Gasteiger partial charge in [-0.15, -0.1) is 24.9 Å². The summed E-state index contributed by atoms with van der Waals surface area (Å²) < 4.78 is 40.3. The number of hydrogen-bond donors (Lipinski definition) is 1. The van der Waals surface area contributed by atoms with Crippen LogP contribution in [0, 0.1) is 0 Å². The zero-order chi connectivity index (χ0) is 15.7. The van der Waals surface area contributed by atoms with Gasteiger partial charge in [0.25, 0.3) is 0 Å². The van der Waals surface area contributed by atoms with E-state index in [-0.39, 0.29) is 11.5 Å². The molecular formula is C16H11F3O2S. The molecule has 0 saturated heterocycles. The lowest BCUT2D eigenvalue weighted by Crippen LogP contribution is -2.17. The smallest absolute Gasteiger partial charge is 0.508 e. The van der Waals surface area contributed by atoms with Crippen molar-refractivity contribution in [1.82, 2.24) is 0 Å². The maximum absolute atomic E-state index is 12.1. The maximum atomic E-state index is 12.1. The Morgan fingerprint density at radius 3 is 2.45 bits per heavy atom. The van der Waals surface area contributed by atoms with Crippen molar-refractivity contribution in [3.8, 4) is 11.5 Å². The first-order valence-corrected chi connectivity index (χ1v) is 7.42. The van der Waals surface area contributed by atoms with Gasteiger partial charge in [0.1, 0.15) is 11.5 Å². The molecule has 0 aliphatic carbocycles. The minimum Gasteiger partial charge on any atom is -0.508 e. The van der Waals surface area contributed by atoms with Crippen LogP contribution in [-0.2, 0) is 0 Å². The molecule has 1 N–H and O–H groups in total. The molecule has 1 aliphatic heterocycles. The predicted molar refractivity (Wildman–Crippen MR) is 79.8 cm³/mol. The molecular weight excluding hydrogens is 313 g/mol. The SMILES string of the molecule is Oc1ccc2c(c1)SCC(c1ccc(OC(F)(F)F)cc1)=C2. The molecule has 1 heterocycles. The van der Waals surface area contributed by atoms with Crippen LogP contribution in [0.15, 0.2) is 47.4 Å². The summed E-state index contributed by atoms with van der Waals surface area (Å²) in [6.45, 7) is 0. The molecule has 0 spiro atoms. The summed E-state index contributed by atoms with van der Waals surface area (Å²) in [6, 6.07) is 11.0. The fourth-order valence-corrected chi connectivity index (χ4v) is 3.25. The van der Waals surface area contributed by atoms with E-state index in [0.29, 0.717) is 5.75 Å². The van der Waals surface area contributed by atoms with Gasteiger partial charge in [-0.3, -0.25) is 0 Å². The molecule has 2 aromatic carbocycles. The highest BCUT2D eigenvalue weighted by molar-refractivity contribution is 7.99. The van der Waals surface area contributed by atoms with Gasteiger partial charge in [0.05, 0.1) is 0 Å². The Morgan fingerprint density at radius 2 is 1.77 bits per heavy atom. The summed E-state index contributed by atoms with van der Waals surface area (Å²) in [4.78, 5) is 0.987. The molecule has 0 aromatic heterocycles. The molecule has 1 aliphatic rings. The third-order valence-corrected chi connectivity index (χ3v) is 4.29. The fourth-order valence-electron chi connectivity index (χ4n) is 2.19. The van der Waals surface area contributed by atoms with Gasteiger partial charge in [0, 0.05) is 10.6 Å². The fraction of sp³-hybridized carbons (Fsp3) is 0.125. The Morgan fingerprint density at radius 1 is 1.05 bits per heavy atom. The van der Waals surface area contributed by atoms with Gasteiger partial charge >= 0.3 is 6.36 Å². The molecule has 2 nitrogen and oxygen atoms in total. The van der Waals surface area contributed by atoms with Crippen molar-refractivity contribution in [3.05, 3.63) is 53.6 Å². The zero-order valence-corrected chi connectivity index (χ0v) is 12.0. The van der Waals surface area contributed by atoms with Crippen molar-refractivity contribution in [2.45, 2.75) is 11.3 Å². The molecule has 0 fully saturated rings. The minimum atomic E-state index is -4.68. The average molecular weight is 324 g/mol. The standard InChI is InChI=1S/C16H11F3O2S/c17-16(18,19)21-14-5-2-10(3-6-14)12-7-11-1-4-13(20)8-15(11)22-9-12/h1-8,20H,9H2. The summed E-state index contributed by atoms with van der Waals surface area (Å²) in [7, 11) is 0.